The Morgan fingerprint density at radius 2 is 2.10 bits per heavy atom. The normalized spacial score (nSPS) is 11.1. The summed E-state index contributed by atoms with van der Waals surface area (Å²) in [6.07, 6.45) is 1.71. The lowest BCUT2D eigenvalue weighted by atomic mass is 10.2. The second-order valence-electron chi connectivity index (χ2n) is 5.59. The predicted molar refractivity (Wildman–Crippen MR) is 85.8 cm³/mol. The molecule has 0 fully saturated rings. The van der Waals surface area contributed by atoms with Gasteiger partial charge in [-0.1, -0.05) is 25.4 Å². The van der Waals surface area contributed by atoms with Crippen molar-refractivity contribution in [3.63, 3.8) is 0 Å². The van der Waals surface area contributed by atoms with E-state index in [-0.39, 0.29) is 0 Å². The van der Waals surface area contributed by atoms with Crippen LogP contribution in [0.3, 0.4) is 0 Å². The molecule has 1 N–H and O–H groups in total. The van der Waals surface area contributed by atoms with Gasteiger partial charge in [-0.2, -0.15) is 0 Å². The summed E-state index contributed by atoms with van der Waals surface area (Å²) in [7, 11) is 0. The Hall–Kier alpha value is -1.45. The molecule has 0 spiro atoms. The maximum Gasteiger partial charge on any atom is 0.124 e. The Bertz CT molecular complexity index is 578. The first kappa shape index (κ1) is 15.9. The molecule has 0 bridgehead atoms. The third kappa shape index (κ3) is 4.80. The highest BCUT2D eigenvalue weighted by molar-refractivity contribution is 6.31. The lowest BCUT2D eigenvalue weighted by molar-refractivity contribution is 0.301. The molecule has 0 saturated carbocycles. The first-order valence-corrected chi connectivity index (χ1v) is 7.59. The molecule has 1 heterocycles. The van der Waals surface area contributed by atoms with Crippen LogP contribution in [-0.2, 0) is 13.2 Å². The summed E-state index contributed by atoms with van der Waals surface area (Å²) >= 11 is 6.01. The third-order valence-electron chi connectivity index (χ3n) is 3.20. The zero-order valence-electron chi connectivity index (χ0n) is 12.8. The van der Waals surface area contributed by atoms with Gasteiger partial charge >= 0.3 is 0 Å². The maximum absolute atomic E-state index is 6.01. The number of nitrogens with one attached hydrogen (secondary N) is 1. The number of benzene rings is 1. The van der Waals surface area contributed by atoms with Crippen molar-refractivity contribution in [2.24, 2.45) is 5.92 Å². The summed E-state index contributed by atoms with van der Waals surface area (Å²) in [5, 5.41) is 4.13. The van der Waals surface area contributed by atoms with Gasteiger partial charge < -0.3 is 14.5 Å². The molecule has 0 radical (unpaired) electrons. The van der Waals surface area contributed by atoms with Crippen LogP contribution < -0.4 is 10.1 Å². The van der Waals surface area contributed by atoms with Crippen molar-refractivity contribution in [1.82, 2.24) is 5.32 Å². The van der Waals surface area contributed by atoms with E-state index in [2.05, 4.69) is 19.2 Å². The SMILES string of the molecule is Cc1cc(OCc2ccoc2CNCC(C)C)ccc1Cl. The summed E-state index contributed by atoms with van der Waals surface area (Å²) in [4.78, 5) is 0. The van der Waals surface area contributed by atoms with Gasteiger partial charge in [-0.05, 0) is 49.2 Å². The number of hydrogen-bond donors (Lipinski definition) is 1. The molecule has 2 aromatic rings. The number of ether oxygens (including phenoxy) is 1. The maximum atomic E-state index is 6.01. The summed E-state index contributed by atoms with van der Waals surface area (Å²) in [6.45, 7) is 8.52. The first-order valence-electron chi connectivity index (χ1n) is 7.21. The van der Waals surface area contributed by atoms with Gasteiger partial charge in [-0.25, -0.2) is 0 Å². The zero-order valence-corrected chi connectivity index (χ0v) is 13.5. The van der Waals surface area contributed by atoms with Crippen molar-refractivity contribution < 1.29 is 9.15 Å². The van der Waals surface area contributed by atoms with E-state index in [1.165, 1.54) is 0 Å². The molecule has 3 nitrogen and oxygen atoms in total. The second kappa shape index (κ2) is 7.53. The quantitative estimate of drug-likeness (QED) is 0.814. The smallest absolute Gasteiger partial charge is 0.124 e. The van der Waals surface area contributed by atoms with Gasteiger partial charge in [0.2, 0.25) is 0 Å². The third-order valence-corrected chi connectivity index (χ3v) is 3.62. The minimum atomic E-state index is 0.496. The molecule has 0 unspecified atom stereocenters. The van der Waals surface area contributed by atoms with Crippen molar-refractivity contribution in [1.29, 1.82) is 0 Å². The molecule has 4 heteroatoms. The average Bonchev–Trinajstić information content (AvgIpc) is 2.87. The molecule has 0 aliphatic carbocycles. The Kier molecular flexibility index (Phi) is 5.71. The summed E-state index contributed by atoms with van der Waals surface area (Å²) < 4.78 is 11.3. The fourth-order valence-electron chi connectivity index (χ4n) is 1.99. The van der Waals surface area contributed by atoms with Crippen LogP contribution >= 0.6 is 11.6 Å². The van der Waals surface area contributed by atoms with E-state index in [1.807, 2.05) is 31.2 Å². The number of furan rings is 1. The summed E-state index contributed by atoms with van der Waals surface area (Å²) in [5.41, 5.74) is 2.08. The Morgan fingerprint density at radius 3 is 2.81 bits per heavy atom. The molecule has 1 aromatic heterocycles. The molecular formula is C17H22ClNO2. The Balaban J connectivity index is 1.91. The lowest BCUT2D eigenvalue weighted by Crippen LogP contribution is -2.19. The van der Waals surface area contributed by atoms with Gasteiger partial charge in [0.1, 0.15) is 18.1 Å². The highest BCUT2D eigenvalue weighted by Gasteiger charge is 2.08. The van der Waals surface area contributed by atoms with E-state index >= 15 is 0 Å². The first-order chi connectivity index (χ1) is 10.1. The molecule has 1 aromatic carbocycles. The monoisotopic (exact) mass is 307 g/mol. The number of aryl methyl sites for hydroxylation is 1. The van der Waals surface area contributed by atoms with Crippen LogP contribution in [0.5, 0.6) is 5.75 Å². The van der Waals surface area contributed by atoms with Crippen LogP contribution in [0.1, 0.15) is 30.7 Å². The minimum absolute atomic E-state index is 0.496. The van der Waals surface area contributed by atoms with Gasteiger partial charge in [-0.3, -0.25) is 0 Å². The van der Waals surface area contributed by atoms with E-state index in [0.29, 0.717) is 12.5 Å². The largest absolute Gasteiger partial charge is 0.489 e. The Morgan fingerprint density at radius 1 is 1.29 bits per heavy atom. The minimum Gasteiger partial charge on any atom is -0.489 e. The molecule has 0 amide bonds. The lowest BCUT2D eigenvalue weighted by Gasteiger charge is -2.09. The summed E-state index contributed by atoms with van der Waals surface area (Å²) in [5.74, 6) is 2.37. The van der Waals surface area contributed by atoms with Gasteiger partial charge in [-0.15, -0.1) is 0 Å². The van der Waals surface area contributed by atoms with Crippen LogP contribution in [0.25, 0.3) is 0 Å². The van der Waals surface area contributed by atoms with E-state index in [4.69, 9.17) is 20.8 Å². The van der Waals surface area contributed by atoms with Crippen molar-refractivity contribution in [3.8, 4) is 5.75 Å². The van der Waals surface area contributed by atoms with E-state index in [0.717, 1.165) is 40.7 Å². The molecular weight excluding hydrogens is 286 g/mol. The highest BCUT2D eigenvalue weighted by Crippen LogP contribution is 2.22. The number of rotatable bonds is 7. The Labute approximate surface area is 131 Å². The van der Waals surface area contributed by atoms with Crippen LogP contribution in [0.15, 0.2) is 34.9 Å². The van der Waals surface area contributed by atoms with Crippen molar-refractivity contribution in [3.05, 3.63) is 52.4 Å². The van der Waals surface area contributed by atoms with Gasteiger partial charge in [0.25, 0.3) is 0 Å². The van der Waals surface area contributed by atoms with Crippen LogP contribution in [0, 0.1) is 12.8 Å². The van der Waals surface area contributed by atoms with Gasteiger partial charge in [0.15, 0.2) is 0 Å². The van der Waals surface area contributed by atoms with Crippen molar-refractivity contribution in [2.75, 3.05) is 6.54 Å². The molecule has 21 heavy (non-hydrogen) atoms. The highest BCUT2D eigenvalue weighted by atomic mass is 35.5. The number of hydrogen-bond acceptors (Lipinski definition) is 3. The van der Waals surface area contributed by atoms with E-state index < -0.39 is 0 Å². The van der Waals surface area contributed by atoms with E-state index in [1.54, 1.807) is 6.26 Å². The fourth-order valence-corrected chi connectivity index (χ4v) is 2.11. The molecule has 0 aliphatic rings. The summed E-state index contributed by atoms with van der Waals surface area (Å²) in [6, 6.07) is 7.63. The number of halogens is 1. The molecule has 0 saturated heterocycles. The fraction of sp³-hybridized carbons (Fsp3) is 0.412. The molecule has 0 aliphatic heterocycles. The topological polar surface area (TPSA) is 34.4 Å². The van der Waals surface area contributed by atoms with Gasteiger partial charge in [0.05, 0.1) is 12.8 Å². The van der Waals surface area contributed by atoms with Gasteiger partial charge in [0, 0.05) is 10.6 Å². The molecule has 114 valence electrons. The molecule has 2 rings (SSSR count). The zero-order chi connectivity index (χ0) is 15.2. The van der Waals surface area contributed by atoms with Crippen LogP contribution in [0.4, 0.5) is 0 Å². The second-order valence-corrected chi connectivity index (χ2v) is 6.00. The van der Waals surface area contributed by atoms with Crippen LogP contribution in [-0.4, -0.2) is 6.54 Å². The van der Waals surface area contributed by atoms with E-state index in [9.17, 15) is 0 Å². The predicted octanol–water partition coefficient (Wildman–Crippen LogP) is 4.57. The standard InChI is InChI=1S/C17H22ClNO2/c1-12(2)9-19-10-17-14(6-7-20-17)11-21-15-4-5-16(18)13(3)8-15/h4-8,12,19H,9-11H2,1-3H3. The average molecular weight is 308 g/mol. The van der Waals surface area contributed by atoms with Crippen LogP contribution in [0.2, 0.25) is 5.02 Å². The van der Waals surface area contributed by atoms with Crippen molar-refractivity contribution in [2.45, 2.75) is 33.9 Å². The molecule has 0 atom stereocenters. The van der Waals surface area contributed by atoms with Crippen molar-refractivity contribution >= 4 is 11.6 Å².